The van der Waals surface area contributed by atoms with Gasteiger partial charge in [-0.15, -0.1) is 0 Å². The van der Waals surface area contributed by atoms with Crippen molar-refractivity contribution >= 4 is 0 Å². The summed E-state index contributed by atoms with van der Waals surface area (Å²) in [6.45, 7) is 2.95. The maximum absolute atomic E-state index is 14.3. The first-order valence-corrected chi connectivity index (χ1v) is 9.13. The SMILES string of the molecule is Fc1ccccc1-c1nccnc1[C@H]1CCCN(Cc2ccccc2)C1. The minimum absolute atomic E-state index is 0.244. The van der Waals surface area contributed by atoms with Crippen LogP contribution in [0.2, 0.25) is 0 Å². The van der Waals surface area contributed by atoms with Gasteiger partial charge in [0.05, 0.1) is 11.4 Å². The summed E-state index contributed by atoms with van der Waals surface area (Å²) in [4.78, 5) is 11.5. The van der Waals surface area contributed by atoms with Gasteiger partial charge in [0, 0.05) is 37.0 Å². The van der Waals surface area contributed by atoms with E-state index in [-0.39, 0.29) is 11.7 Å². The molecule has 2 heterocycles. The molecule has 0 spiro atoms. The first kappa shape index (κ1) is 16.9. The summed E-state index contributed by atoms with van der Waals surface area (Å²) in [5.74, 6) is 0.0296. The minimum Gasteiger partial charge on any atom is -0.298 e. The molecule has 0 saturated carbocycles. The number of hydrogen-bond acceptors (Lipinski definition) is 3. The number of aromatic nitrogens is 2. The summed E-state index contributed by atoms with van der Waals surface area (Å²) in [5.41, 5.74) is 3.45. The fourth-order valence-electron chi connectivity index (χ4n) is 3.77. The summed E-state index contributed by atoms with van der Waals surface area (Å²) >= 11 is 0. The van der Waals surface area contributed by atoms with E-state index >= 15 is 0 Å². The second-order valence-electron chi connectivity index (χ2n) is 6.83. The van der Waals surface area contributed by atoms with Crippen molar-refractivity contribution in [3.63, 3.8) is 0 Å². The van der Waals surface area contributed by atoms with Crippen molar-refractivity contribution in [2.45, 2.75) is 25.3 Å². The Morgan fingerprint density at radius 2 is 1.73 bits per heavy atom. The fraction of sp³-hybridized carbons (Fsp3) is 0.273. The highest BCUT2D eigenvalue weighted by Gasteiger charge is 2.26. The van der Waals surface area contributed by atoms with Gasteiger partial charge < -0.3 is 0 Å². The van der Waals surface area contributed by atoms with E-state index in [2.05, 4.69) is 39.1 Å². The Kier molecular flexibility index (Phi) is 5.02. The maximum Gasteiger partial charge on any atom is 0.132 e. The second-order valence-corrected chi connectivity index (χ2v) is 6.83. The predicted molar refractivity (Wildman–Crippen MR) is 101 cm³/mol. The first-order chi connectivity index (χ1) is 12.8. The molecule has 1 atom stereocenters. The van der Waals surface area contributed by atoms with E-state index in [0.717, 1.165) is 38.2 Å². The molecular formula is C22H22FN3. The molecule has 2 aromatic carbocycles. The number of piperidine rings is 1. The zero-order chi connectivity index (χ0) is 17.8. The molecule has 0 aliphatic carbocycles. The van der Waals surface area contributed by atoms with E-state index < -0.39 is 0 Å². The van der Waals surface area contributed by atoms with Gasteiger partial charge in [-0.25, -0.2) is 4.39 Å². The lowest BCUT2D eigenvalue weighted by Crippen LogP contribution is -2.34. The third kappa shape index (κ3) is 3.65. The number of benzene rings is 2. The summed E-state index contributed by atoms with van der Waals surface area (Å²) in [5, 5.41) is 0. The highest BCUT2D eigenvalue weighted by atomic mass is 19.1. The van der Waals surface area contributed by atoms with Gasteiger partial charge in [0.25, 0.3) is 0 Å². The smallest absolute Gasteiger partial charge is 0.132 e. The Balaban J connectivity index is 1.59. The summed E-state index contributed by atoms with van der Waals surface area (Å²) in [7, 11) is 0. The molecule has 1 aliphatic rings. The van der Waals surface area contributed by atoms with Crippen LogP contribution in [0.5, 0.6) is 0 Å². The normalized spacial score (nSPS) is 18.0. The number of hydrogen-bond donors (Lipinski definition) is 0. The summed E-state index contributed by atoms with van der Waals surface area (Å²) in [6, 6.07) is 17.3. The molecule has 0 bridgehead atoms. The molecule has 0 unspecified atom stereocenters. The third-order valence-corrected chi connectivity index (χ3v) is 5.00. The molecule has 0 amide bonds. The zero-order valence-corrected chi connectivity index (χ0v) is 14.7. The van der Waals surface area contributed by atoms with Gasteiger partial charge in [-0.3, -0.25) is 14.9 Å². The maximum atomic E-state index is 14.3. The van der Waals surface area contributed by atoms with Crippen LogP contribution in [0.15, 0.2) is 67.0 Å². The molecular weight excluding hydrogens is 325 g/mol. The van der Waals surface area contributed by atoms with Gasteiger partial charge in [-0.05, 0) is 37.1 Å². The van der Waals surface area contributed by atoms with Crippen LogP contribution in [0.25, 0.3) is 11.3 Å². The van der Waals surface area contributed by atoms with Crippen molar-refractivity contribution < 1.29 is 4.39 Å². The van der Waals surface area contributed by atoms with E-state index in [1.807, 2.05) is 12.1 Å². The van der Waals surface area contributed by atoms with Crippen LogP contribution in [-0.4, -0.2) is 28.0 Å². The lowest BCUT2D eigenvalue weighted by atomic mass is 9.91. The number of nitrogens with zero attached hydrogens (tertiary/aromatic N) is 3. The Morgan fingerprint density at radius 1 is 0.962 bits per heavy atom. The number of halogens is 1. The second kappa shape index (κ2) is 7.75. The van der Waals surface area contributed by atoms with Gasteiger partial charge in [0.15, 0.2) is 0 Å². The van der Waals surface area contributed by atoms with E-state index in [4.69, 9.17) is 0 Å². The van der Waals surface area contributed by atoms with Crippen LogP contribution < -0.4 is 0 Å². The summed E-state index contributed by atoms with van der Waals surface area (Å²) < 4.78 is 14.3. The standard InChI is InChI=1S/C22H22FN3/c23-20-11-5-4-10-19(20)22-21(24-12-13-25-22)18-9-6-14-26(16-18)15-17-7-2-1-3-8-17/h1-5,7-8,10-13,18H,6,9,14-16H2/t18-/m0/s1. The first-order valence-electron chi connectivity index (χ1n) is 9.13. The van der Waals surface area contributed by atoms with Crippen LogP contribution in [0.3, 0.4) is 0 Å². The minimum atomic E-state index is -0.244. The molecule has 1 aliphatic heterocycles. The molecule has 1 fully saturated rings. The van der Waals surface area contributed by atoms with Crippen LogP contribution in [0, 0.1) is 5.82 Å². The van der Waals surface area contributed by atoms with Crippen LogP contribution in [-0.2, 0) is 6.54 Å². The molecule has 4 rings (SSSR count). The fourth-order valence-corrected chi connectivity index (χ4v) is 3.77. The van der Waals surface area contributed by atoms with Crippen LogP contribution in [0.4, 0.5) is 4.39 Å². The van der Waals surface area contributed by atoms with E-state index in [1.54, 1.807) is 24.5 Å². The number of likely N-dealkylation sites (tertiary alicyclic amines) is 1. The van der Waals surface area contributed by atoms with Crippen LogP contribution in [0.1, 0.15) is 30.0 Å². The molecule has 0 radical (unpaired) electrons. The molecule has 1 saturated heterocycles. The quantitative estimate of drug-likeness (QED) is 0.687. The van der Waals surface area contributed by atoms with E-state index in [0.29, 0.717) is 11.3 Å². The number of rotatable bonds is 4. The Hall–Kier alpha value is -2.59. The molecule has 4 heteroatoms. The van der Waals surface area contributed by atoms with E-state index in [1.165, 1.54) is 11.6 Å². The highest BCUT2D eigenvalue weighted by Crippen LogP contribution is 2.33. The van der Waals surface area contributed by atoms with Crippen molar-refractivity contribution in [3.8, 4) is 11.3 Å². The average Bonchev–Trinajstić information content (AvgIpc) is 2.69. The van der Waals surface area contributed by atoms with Crippen molar-refractivity contribution in [1.29, 1.82) is 0 Å². The predicted octanol–water partition coefficient (Wildman–Crippen LogP) is 4.66. The van der Waals surface area contributed by atoms with Gasteiger partial charge in [0.2, 0.25) is 0 Å². The van der Waals surface area contributed by atoms with Crippen molar-refractivity contribution in [3.05, 3.63) is 84.1 Å². The molecule has 3 aromatic rings. The van der Waals surface area contributed by atoms with Gasteiger partial charge in [-0.1, -0.05) is 42.5 Å². The van der Waals surface area contributed by atoms with Crippen molar-refractivity contribution in [2.24, 2.45) is 0 Å². The molecule has 1 aromatic heterocycles. The molecule has 132 valence electrons. The average molecular weight is 347 g/mol. The molecule has 3 nitrogen and oxygen atoms in total. The largest absolute Gasteiger partial charge is 0.298 e. The van der Waals surface area contributed by atoms with Gasteiger partial charge in [-0.2, -0.15) is 0 Å². The van der Waals surface area contributed by atoms with Crippen molar-refractivity contribution in [2.75, 3.05) is 13.1 Å². The van der Waals surface area contributed by atoms with Gasteiger partial charge in [0.1, 0.15) is 5.82 Å². The third-order valence-electron chi connectivity index (χ3n) is 5.00. The van der Waals surface area contributed by atoms with Gasteiger partial charge >= 0.3 is 0 Å². The summed E-state index contributed by atoms with van der Waals surface area (Å²) in [6.07, 6.45) is 5.54. The van der Waals surface area contributed by atoms with Crippen molar-refractivity contribution in [1.82, 2.24) is 14.9 Å². The van der Waals surface area contributed by atoms with Crippen LogP contribution >= 0.6 is 0 Å². The topological polar surface area (TPSA) is 29.0 Å². The highest BCUT2D eigenvalue weighted by molar-refractivity contribution is 5.62. The Bertz CT molecular complexity index is 866. The Morgan fingerprint density at radius 3 is 2.58 bits per heavy atom. The lowest BCUT2D eigenvalue weighted by molar-refractivity contribution is 0.198. The molecule has 0 N–H and O–H groups in total. The van der Waals surface area contributed by atoms with E-state index in [9.17, 15) is 4.39 Å². The lowest BCUT2D eigenvalue weighted by Gasteiger charge is -2.33. The Labute approximate surface area is 153 Å². The zero-order valence-electron chi connectivity index (χ0n) is 14.7. The monoisotopic (exact) mass is 347 g/mol. The molecule has 26 heavy (non-hydrogen) atoms.